The van der Waals surface area contributed by atoms with Gasteiger partial charge in [0.15, 0.2) is 12.0 Å². The first-order chi connectivity index (χ1) is 14.0. The van der Waals surface area contributed by atoms with Gasteiger partial charge in [-0.25, -0.2) is 9.97 Å². The van der Waals surface area contributed by atoms with Crippen molar-refractivity contribution in [3.05, 3.63) is 66.0 Å². The van der Waals surface area contributed by atoms with Gasteiger partial charge in [-0.3, -0.25) is 0 Å². The van der Waals surface area contributed by atoms with Crippen molar-refractivity contribution in [1.29, 1.82) is 0 Å². The van der Waals surface area contributed by atoms with E-state index in [1.807, 2.05) is 18.2 Å². The zero-order valence-corrected chi connectivity index (χ0v) is 16.3. The Morgan fingerprint density at radius 2 is 1.97 bits per heavy atom. The fraction of sp³-hybridized carbons (Fsp3) is 0.105. The average Bonchev–Trinajstić information content (AvgIpc) is 2.71. The van der Waals surface area contributed by atoms with Crippen molar-refractivity contribution in [1.82, 2.24) is 9.97 Å². The highest BCUT2D eigenvalue weighted by atomic mass is 32.2. The Morgan fingerprint density at radius 3 is 2.69 bits per heavy atom. The van der Waals surface area contributed by atoms with Gasteiger partial charge in [-0.15, -0.1) is 10.2 Å². The summed E-state index contributed by atoms with van der Waals surface area (Å²) in [5.41, 5.74) is 5.90. The third-order valence-corrected chi connectivity index (χ3v) is 4.38. The summed E-state index contributed by atoms with van der Waals surface area (Å²) in [5.74, 6) is 0.370. The molecule has 0 bridgehead atoms. The molecule has 1 aromatic heterocycles. The molecular weight excluding hydrogens is 390 g/mol. The van der Waals surface area contributed by atoms with Crippen LogP contribution < -0.4 is 11.1 Å². The van der Waals surface area contributed by atoms with Crippen molar-refractivity contribution in [2.45, 2.75) is 13.2 Å². The van der Waals surface area contributed by atoms with Crippen molar-refractivity contribution < 1.29 is 10.2 Å². The highest BCUT2D eigenvalue weighted by Crippen LogP contribution is 2.41. The molecule has 0 saturated heterocycles. The zero-order chi connectivity index (χ0) is 20.8. The summed E-state index contributed by atoms with van der Waals surface area (Å²) in [6.07, 6.45) is 1.81. The Bertz CT molecular complexity index is 1080. The van der Waals surface area contributed by atoms with Crippen LogP contribution >= 0.6 is 11.9 Å². The summed E-state index contributed by atoms with van der Waals surface area (Å²) in [5, 5.41) is 34.0. The number of hydrogen-bond donors (Lipinski definition) is 4. The van der Waals surface area contributed by atoms with Crippen molar-refractivity contribution in [2.75, 3.05) is 5.32 Å². The Morgan fingerprint density at radius 1 is 1.24 bits per heavy atom. The number of aliphatic hydroxyl groups excluding tert-OH is 1. The number of rotatable bonds is 7. The molecule has 0 aliphatic carbocycles. The van der Waals surface area contributed by atoms with E-state index >= 15 is 0 Å². The summed E-state index contributed by atoms with van der Waals surface area (Å²) in [7, 11) is 0. The minimum Gasteiger partial charge on any atom is -0.505 e. The first-order valence-corrected chi connectivity index (χ1v) is 9.27. The SMILES string of the molecule is C=C(N=Nc1c(O)c(C(O)Nc2ncccn2)cc2ccccc12)SN=C(C)N. The van der Waals surface area contributed by atoms with Gasteiger partial charge in [0, 0.05) is 35.3 Å². The Hall–Kier alpha value is -3.50. The van der Waals surface area contributed by atoms with Crippen LogP contribution in [0.4, 0.5) is 11.6 Å². The molecule has 0 saturated carbocycles. The Labute approximate surface area is 171 Å². The van der Waals surface area contributed by atoms with Gasteiger partial charge in [0.2, 0.25) is 5.95 Å². The largest absolute Gasteiger partial charge is 0.505 e. The molecule has 0 amide bonds. The molecule has 0 radical (unpaired) electrons. The van der Waals surface area contributed by atoms with Crippen LogP contribution in [0.25, 0.3) is 10.8 Å². The van der Waals surface area contributed by atoms with E-state index in [-0.39, 0.29) is 22.9 Å². The Kier molecular flexibility index (Phi) is 6.37. The normalized spacial score (nSPS) is 13.0. The highest BCUT2D eigenvalue weighted by molar-refractivity contribution is 8.01. The fourth-order valence-electron chi connectivity index (χ4n) is 2.47. The molecule has 2 aromatic carbocycles. The van der Waals surface area contributed by atoms with Crippen LogP contribution in [0.15, 0.2) is 75.0 Å². The number of azo groups is 1. The van der Waals surface area contributed by atoms with E-state index in [1.54, 1.807) is 25.1 Å². The van der Waals surface area contributed by atoms with Crippen LogP contribution in [0.2, 0.25) is 0 Å². The average molecular weight is 409 g/mol. The third kappa shape index (κ3) is 5.06. The number of anilines is 1. The number of aromatic hydroxyl groups is 1. The molecule has 0 spiro atoms. The topological polar surface area (TPSA) is 141 Å². The van der Waals surface area contributed by atoms with E-state index in [0.717, 1.165) is 17.3 Å². The lowest BCUT2D eigenvalue weighted by atomic mass is 10.0. The summed E-state index contributed by atoms with van der Waals surface area (Å²) in [4.78, 5) is 8.02. The molecule has 0 aliphatic heterocycles. The molecule has 1 heterocycles. The number of fused-ring (bicyclic) bond motifs is 1. The van der Waals surface area contributed by atoms with Crippen LogP contribution in [0.1, 0.15) is 18.7 Å². The van der Waals surface area contributed by atoms with Crippen LogP contribution in [0.5, 0.6) is 5.75 Å². The molecule has 1 unspecified atom stereocenters. The van der Waals surface area contributed by atoms with Gasteiger partial charge in [-0.2, -0.15) is 4.40 Å². The van der Waals surface area contributed by atoms with E-state index < -0.39 is 6.23 Å². The van der Waals surface area contributed by atoms with Gasteiger partial charge in [-0.1, -0.05) is 30.8 Å². The number of nitrogens with zero attached hydrogens (tertiary/aromatic N) is 5. The highest BCUT2D eigenvalue weighted by Gasteiger charge is 2.19. The standard InChI is InChI=1S/C19H19N7O2S/c1-11(20)26-29-12(2)24-25-16-14-7-4-3-6-13(14)10-15(17(16)27)18(28)23-19-21-8-5-9-22-19/h3-10,18,27-28H,2H2,1H3,(H2,20,26)(H,21,22,23). The second-order valence-electron chi connectivity index (χ2n) is 5.92. The lowest BCUT2D eigenvalue weighted by Gasteiger charge is -2.16. The number of phenolic OH excluding ortho intramolecular Hbond substituents is 1. The summed E-state index contributed by atoms with van der Waals surface area (Å²) in [6.45, 7) is 5.39. The molecule has 5 N–H and O–H groups in total. The summed E-state index contributed by atoms with van der Waals surface area (Å²) in [6, 6.07) is 10.6. The molecule has 10 heteroatoms. The quantitative estimate of drug-likeness (QED) is 0.152. The molecule has 0 aliphatic rings. The van der Waals surface area contributed by atoms with E-state index in [0.29, 0.717) is 16.3 Å². The summed E-state index contributed by atoms with van der Waals surface area (Å²) >= 11 is 0.975. The molecule has 3 aromatic rings. The van der Waals surface area contributed by atoms with E-state index in [4.69, 9.17) is 5.73 Å². The number of aromatic nitrogens is 2. The molecule has 29 heavy (non-hydrogen) atoms. The van der Waals surface area contributed by atoms with Crippen molar-refractivity contribution in [3.8, 4) is 5.75 Å². The van der Waals surface area contributed by atoms with Crippen molar-refractivity contribution in [2.24, 2.45) is 20.4 Å². The maximum atomic E-state index is 10.8. The van der Waals surface area contributed by atoms with E-state index in [1.165, 1.54) is 12.4 Å². The van der Waals surface area contributed by atoms with Crippen molar-refractivity contribution >= 4 is 40.2 Å². The van der Waals surface area contributed by atoms with Gasteiger partial charge in [0.25, 0.3) is 0 Å². The number of hydrogen-bond acceptors (Lipinski definition) is 9. The molecule has 3 rings (SSSR count). The fourth-order valence-corrected chi connectivity index (χ4v) is 2.80. The smallest absolute Gasteiger partial charge is 0.224 e. The Balaban J connectivity index is 1.99. The number of benzene rings is 2. The lowest BCUT2D eigenvalue weighted by molar-refractivity contribution is 0.203. The second kappa shape index (κ2) is 9.13. The minimum absolute atomic E-state index is 0.197. The molecule has 148 valence electrons. The molecule has 0 fully saturated rings. The second-order valence-corrected chi connectivity index (χ2v) is 6.76. The summed E-state index contributed by atoms with van der Waals surface area (Å²) < 4.78 is 3.95. The van der Waals surface area contributed by atoms with Gasteiger partial charge in [-0.05, 0) is 24.4 Å². The molecule has 9 nitrogen and oxygen atoms in total. The van der Waals surface area contributed by atoms with Crippen molar-refractivity contribution in [3.63, 3.8) is 0 Å². The first kappa shape index (κ1) is 20.2. The maximum absolute atomic E-state index is 10.8. The molecule has 1 atom stereocenters. The number of nitrogens with one attached hydrogen (secondary N) is 1. The predicted molar refractivity (Wildman–Crippen MR) is 115 cm³/mol. The minimum atomic E-state index is -1.27. The number of nitrogens with two attached hydrogens (primary N) is 1. The predicted octanol–water partition coefficient (Wildman–Crippen LogP) is 4.02. The maximum Gasteiger partial charge on any atom is 0.224 e. The van der Waals surface area contributed by atoms with E-state index in [9.17, 15) is 10.2 Å². The molecular formula is C19H19N7O2S. The number of phenols is 1. The van der Waals surface area contributed by atoms with Gasteiger partial charge in [0.05, 0.1) is 0 Å². The van der Waals surface area contributed by atoms with Gasteiger partial charge in [0.1, 0.15) is 16.6 Å². The van der Waals surface area contributed by atoms with Gasteiger partial charge < -0.3 is 21.3 Å². The lowest BCUT2D eigenvalue weighted by Crippen LogP contribution is -2.12. The van der Waals surface area contributed by atoms with E-state index in [2.05, 4.69) is 36.5 Å². The zero-order valence-electron chi connectivity index (χ0n) is 15.5. The first-order valence-electron chi connectivity index (χ1n) is 8.49. The number of aliphatic hydroxyl groups is 1. The van der Waals surface area contributed by atoms with Crippen LogP contribution in [0, 0.1) is 0 Å². The van der Waals surface area contributed by atoms with Gasteiger partial charge >= 0.3 is 0 Å². The van der Waals surface area contributed by atoms with Crippen LogP contribution in [0.3, 0.4) is 0 Å². The third-order valence-electron chi connectivity index (χ3n) is 3.71. The number of amidine groups is 1. The monoisotopic (exact) mass is 409 g/mol. The van der Waals surface area contributed by atoms with Crippen LogP contribution in [-0.2, 0) is 0 Å². The van der Waals surface area contributed by atoms with Crippen LogP contribution in [-0.4, -0.2) is 26.0 Å².